The average Bonchev–Trinajstić information content (AvgIpc) is 3.08. The number of aliphatic hydroxyl groups is 1. The summed E-state index contributed by atoms with van der Waals surface area (Å²) in [6.45, 7) is 0. The fraction of sp³-hybridized carbons (Fsp3) is 0.0345. The van der Waals surface area contributed by atoms with Crippen molar-refractivity contribution in [3.05, 3.63) is 132 Å². The van der Waals surface area contributed by atoms with Gasteiger partial charge in [0.15, 0.2) is 0 Å². The first-order valence-electron chi connectivity index (χ1n) is 10.3. The molecule has 1 atom stereocenters. The minimum atomic E-state index is -1.20. The zero-order valence-electron chi connectivity index (χ0n) is 16.4. The Hall–Kier alpha value is -3.68. The van der Waals surface area contributed by atoms with E-state index in [0.29, 0.717) is 0 Å². The maximum absolute atomic E-state index is 12.4. The van der Waals surface area contributed by atoms with Crippen molar-refractivity contribution in [1.29, 1.82) is 0 Å². The highest BCUT2D eigenvalue weighted by atomic mass is 16.3. The van der Waals surface area contributed by atoms with E-state index in [0.717, 1.165) is 49.7 Å². The third-order valence-electron chi connectivity index (χ3n) is 6.30. The molecule has 0 bridgehead atoms. The highest BCUT2D eigenvalue weighted by Crippen LogP contribution is 2.52. The van der Waals surface area contributed by atoms with E-state index in [-0.39, 0.29) is 0 Å². The van der Waals surface area contributed by atoms with Crippen LogP contribution in [0.5, 0.6) is 0 Å². The molecular weight excluding hydrogens is 364 g/mol. The average molecular weight is 384 g/mol. The molecule has 1 N–H and O–H groups in total. The van der Waals surface area contributed by atoms with Crippen LogP contribution in [0.2, 0.25) is 0 Å². The Morgan fingerprint density at radius 2 is 1.13 bits per heavy atom. The topological polar surface area (TPSA) is 20.2 Å². The lowest BCUT2D eigenvalue weighted by atomic mass is 9.81. The molecule has 1 unspecified atom stereocenters. The number of hydrogen-bond donors (Lipinski definition) is 1. The molecule has 0 spiro atoms. The zero-order valence-corrected chi connectivity index (χ0v) is 16.4. The van der Waals surface area contributed by atoms with E-state index in [1.165, 1.54) is 0 Å². The first kappa shape index (κ1) is 17.2. The lowest BCUT2D eigenvalue weighted by molar-refractivity contribution is 0.132. The van der Waals surface area contributed by atoms with Crippen molar-refractivity contribution in [3.63, 3.8) is 0 Å². The van der Waals surface area contributed by atoms with Crippen LogP contribution in [0.25, 0.3) is 33.0 Å². The molecule has 0 amide bonds. The van der Waals surface area contributed by atoms with E-state index >= 15 is 0 Å². The van der Waals surface area contributed by atoms with Crippen LogP contribution in [0.3, 0.4) is 0 Å². The SMILES string of the molecule is OC1(c2cccc3ccccc23)c2ccccc2-c2ccc(-c3ccccc3)cc21. The molecule has 6 rings (SSSR count). The predicted octanol–water partition coefficient (Wildman–Crippen LogP) is 6.77. The lowest BCUT2D eigenvalue weighted by Crippen LogP contribution is -2.26. The number of hydrogen-bond acceptors (Lipinski definition) is 1. The summed E-state index contributed by atoms with van der Waals surface area (Å²) in [6, 6.07) is 39.5. The van der Waals surface area contributed by atoms with E-state index in [2.05, 4.69) is 66.7 Å². The van der Waals surface area contributed by atoms with Crippen molar-refractivity contribution in [3.8, 4) is 22.3 Å². The van der Waals surface area contributed by atoms with E-state index in [1.807, 2.05) is 48.5 Å². The van der Waals surface area contributed by atoms with Crippen LogP contribution in [-0.2, 0) is 5.60 Å². The van der Waals surface area contributed by atoms with E-state index < -0.39 is 5.60 Å². The van der Waals surface area contributed by atoms with Crippen LogP contribution >= 0.6 is 0 Å². The molecule has 0 fully saturated rings. The van der Waals surface area contributed by atoms with Crippen molar-refractivity contribution in [2.75, 3.05) is 0 Å². The third kappa shape index (κ3) is 2.33. The van der Waals surface area contributed by atoms with Gasteiger partial charge in [-0.3, -0.25) is 0 Å². The van der Waals surface area contributed by atoms with Crippen LogP contribution in [0.4, 0.5) is 0 Å². The molecule has 1 aliphatic carbocycles. The van der Waals surface area contributed by atoms with Crippen molar-refractivity contribution in [2.45, 2.75) is 5.60 Å². The van der Waals surface area contributed by atoms with Crippen LogP contribution in [0, 0.1) is 0 Å². The molecule has 1 aliphatic rings. The molecule has 0 heterocycles. The molecule has 142 valence electrons. The molecule has 0 aromatic heterocycles. The fourth-order valence-electron chi connectivity index (χ4n) is 4.90. The Kier molecular flexibility index (Phi) is 3.68. The van der Waals surface area contributed by atoms with Crippen molar-refractivity contribution >= 4 is 10.8 Å². The van der Waals surface area contributed by atoms with Gasteiger partial charge in [0.05, 0.1) is 0 Å². The van der Waals surface area contributed by atoms with Crippen LogP contribution in [0.15, 0.2) is 115 Å². The summed E-state index contributed by atoms with van der Waals surface area (Å²) in [5, 5.41) is 14.6. The van der Waals surface area contributed by atoms with E-state index in [9.17, 15) is 5.11 Å². The monoisotopic (exact) mass is 384 g/mol. The van der Waals surface area contributed by atoms with Gasteiger partial charge >= 0.3 is 0 Å². The van der Waals surface area contributed by atoms with Gasteiger partial charge in [0.2, 0.25) is 0 Å². The van der Waals surface area contributed by atoms with Gasteiger partial charge < -0.3 is 5.11 Å². The predicted molar refractivity (Wildman–Crippen MR) is 123 cm³/mol. The molecule has 1 heteroatoms. The molecule has 0 saturated carbocycles. The van der Waals surface area contributed by atoms with Gasteiger partial charge in [0.1, 0.15) is 5.60 Å². The summed E-state index contributed by atoms with van der Waals surface area (Å²) < 4.78 is 0. The van der Waals surface area contributed by atoms with Gasteiger partial charge in [0.25, 0.3) is 0 Å². The second-order valence-electron chi connectivity index (χ2n) is 7.91. The van der Waals surface area contributed by atoms with Gasteiger partial charge in [-0.25, -0.2) is 0 Å². The van der Waals surface area contributed by atoms with Crippen LogP contribution in [-0.4, -0.2) is 5.11 Å². The summed E-state index contributed by atoms with van der Waals surface area (Å²) in [7, 11) is 0. The zero-order chi connectivity index (χ0) is 20.1. The Morgan fingerprint density at radius 1 is 0.467 bits per heavy atom. The normalized spacial score (nSPS) is 17.0. The van der Waals surface area contributed by atoms with Gasteiger partial charge in [0, 0.05) is 16.7 Å². The smallest absolute Gasteiger partial charge is 0.142 e. The number of fused-ring (bicyclic) bond motifs is 4. The molecule has 1 nitrogen and oxygen atoms in total. The van der Waals surface area contributed by atoms with E-state index in [1.54, 1.807) is 0 Å². The maximum Gasteiger partial charge on any atom is 0.142 e. The largest absolute Gasteiger partial charge is 0.376 e. The third-order valence-corrected chi connectivity index (χ3v) is 6.30. The maximum atomic E-state index is 12.4. The molecule has 0 aliphatic heterocycles. The number of rotatable bonds is 2. The Morgan fingerprint density at radius 3 is 2.03 bits per heavy atom. The van der Waals surface area contributed by atoms with Crippen molar-refractivity contribution < 1.29 is 5.11 Å². The highest BCUT2D eigenvalue weighted by Gasteiger charge is 2.43. The van der Waals surface area contributed by atoms with Crippen LogP contribution in [0.1, 0.15) is 16.7 Å². The highest BCUT2D eigenvalue weighted by molar-refractivity contribution is 5.92. The quantitative estimate of drug-likeness (QED) is 0.356. The summed E-state index contributed by atoms with van der Waals surface area (Å²) in [6.07, 6.45) is 0. The molecule has 0 radical (unpaired) electrons. The standard InChI is InChI=1S/C29H20O/c30-29(26-16-8-12-21-11-4-5-13-23(21)26)27-15-7-6-14-24(27)25-18-17-22(19-28(25)29)20-9-2-1-3-10-20/h1-19,30H. The fourth-order valence-corrected chi connectivity index (χ4v) is 4.90. The summed E-state index contributed by atoms with van der Waals surface area (Å²) in [5.74, 6) is 0. The second kappa shape index (κ2) is 6.41. The van der Waals surface area contributed by atoms with Crippen molar-refractivity contribution in [1.82, 2.24) is 0 Å². The molecule has 0 saturated heterocycles. The van der Waals surface area contributed by atoms with E-state index in [4.69, 9.17) is 0 Å². The first-order valence-corrected chi connectivity index (χ1v) is 10.3. The Labute approximate surface area is 175 Å². The van der Waals surface area contributed by atoms with Crippen molar-refractivity contribution in [2.24, 2.45) is 0 Å². The summed E-state index contributed by atoms with van der Waals surface area (Å²) in [4.78, 5) is 0. The van der Waals surface area contributed by atoms with Gasteiger partial charge in [-0.1, -0.05) is 109 Å². The second-order valence-corrected chi connectivity index (χ2v) is 7.91. The molecule has 5 aromatic rings. The van der Waals surface area contributed by atoms with Gasteiger partial charge in [-0.05, 0) is 39.1 Å². The first-order chi connectivity index (χ1) is 14.8. The summed E-state index contributed by atoms with van der Waals surface area (Å²) in [5.41, 5.74) is 6.08. The molecule has 5 aromatic carbocycles. The van der Waals surface area contributed by atoms with Gasteiger partial charge in [-0.15, -0.1) is 0 Å². The Bertz CT molecular complexity index is 1400. The minimum absolute atomic E-state index is 0.928. The summed E-state index contributed by atoms with van der Waals surface area (Å²) >= 11 is 0. The minimum Gasteiger partial charge on any atom is -0.376 e. The van der Waals surface area contributed by atoms with Gasteiger partial charge in [-0.2, -0.15) is 0 Å². The lowest BCUT2D eigenvalue weighted by Gasteiger charge is -2.28. The Balaban J connectivity index is 1.69. The molecular formula is C29H20O. The number of benzene rings is 5. The molecule has 30 heavy (non-hydrogen) atoms. The van der Waals surface area contributed by atoms with Crippen LogP contribution < -0.4 is 0 Å².